The standard InChI is InChI=1S/C24H26N4O/c1-18-7-5-8-19(15-18)16-27-24(29)21-11-6-12-26-23(21)28-14-13-25-22(17-28)20-9-3-2-4-10-20/h2-12,15,22,25H,13-14,16-17H2,1H3,(H,27,29)/t22-/m0/s1. The molecule has 2 aromatic carbocycles. The van der Waals surface area contributed by atoms with Crippen molar-refractivity contribution in [2.24, 2.45) is 0 Å². The summed E-state index contributed by atoms with van der Waals surface area (Å²) in [5.41, 5.74) is 4.15. The van der Waals surface area contributed by atoms with E-state index in [0.717, 1.165) is 31.0 Å². The molecule has 1 aliphatic rings. The predicted molar refractivity (Wildman–Crippen MR) is 116 cm³/mol. The third kappa shape index (κ3) is 4.63. The Bertz CT molecular complexity index is 973. The average molecular weight is 386 g/mol. The molecule has 148 valence electrons. The van der Waals surface area contributed by atoms with Crippen LogP contribution in [-0.4, -0.2) is 30.5 Å². The van der Waals surface area contributed by atoms with Crippen LogP contribution in [0.3, 0.4) is 0 Å². The van der Waals surface area contributed by atoms with Gasteiger partial charge in [-0.25, -0.2) is 4.98 Å². The molecule has 3 aromatic rings. The Hall–Kier alpha value is -3.18. The number of anilines is 1. The summed E-state index contributed by atoms with van der Waals surface area (Å²) >= 11 is 0. The zero-order chi connectivity index (χ0) is 20.1. The maximum Gasteiger partial charge on any atom is 0.255 e. The normalized spacial score (nSPS) is 16.4. The second-order valence-corrected chi connectivity index (χ2v) is 7.41. The van der Waals surface area contributed by atoms with Gasteiger partial charge in [-0.3, -0.25) is 4.79 Å². The predicted octanol–water partition coefficient (Wildman–Crippen LogP) is 3.47. The van der Waals surface area contributed by atoms with Crippen LogP contribution in [-0.2, 0) is 6.54 Å². The van der Waals surface area contributed by atoms with Crippen LogP contribution in [0, 0.1) is 6.92 Å². The van der Waals surface area contributed by atoms with Gasteiger partial charge in [0.05, 0.1) is 5.56 Å². The van der Waals surface area contributed by atoms with E-state index < -0.39 is 0 Å². The van der Waals surface area contributed by atoms with E-state index in [1.165, 1.54) is 11.1 Å². The van der Waals surface area contributed by atoms with Crippen LogP contribution in [0.5, 0.6) is 0 Å². The molecule has 1 aromatic heterocycles. The number of nitrogens with zero attached hydrogens (tertiary/aromatic N) is 2. The maximum absolute atomic E-state index is 12.9. The lowest BCUT2D eigenvalue weighted by atomic mass is 10.0. The van der Waals surface area contributed by atoms with Gasteiger partial charge in [-0.05, 0) is 30.2 Å². The fraction of sp³-hybridized carbons (Fsp3) is 0.250. The number of hydrogen-bond donors (Lipinski definition) is 2. The smallest absolute Gasteiger partial charge is 0.255 e. The molecule has 0 aliphatic carbocycles. The molecular formula is C24H26N4O. The van der Waals surface area contributed by atoms with Crippen LogP contribution < -0.4 is 15.5 Å². The van der Waals surface area contributed by atoms with Crippen molar-refractivity contribution in [3.8, 4) is 0 Å². The number of aromatic nitrogens is 1. The van der Waals surface area contributed by atoms with Gasteiger partial charge in [0.25, 0.3) is 5.91 Å². The van der Waals surface area contributed by atoms with E-state index in [0.29, 0.717) is 12.1 Å². The van der Waals surface area contributed by atoms with Crippen molar-refractivity contribution >= 4 is 11.7 Å². The molecule has 0 spiro atoms. The lowest BCUT2D eigenvalue weighted by Crippen LogP contribution is -2.46. The van der Waals surface area contributed by atoms with Crippen LogP contribution in [0.4, 0.5) is 5.82 Å². The second kappa shape index (κ2) is 8.88. The highest BCUT2D eigenvalue weighted by molar-refractivity contribution is 5.98. The fourth-order valence-corrected chi connectivity index (χ4v) is 3.78. The second-order valence-electron chi connectivity index (χ2n) is 7.41. The molecule has 0 radical (unpaired) electrons. The minimum atomic E-state index is -0.0931. The molecule has 29 heavy (non-hydrogen) atoms. The summed E-state index contributed by atoms with van der Waals surface area (Å²) in [6.45, 7) is 5.00. The number of nitrogens with one attached hydrogen (secondary N) is 2. The third-order valence-electron chi connectivity index (χ3n) is 5.24. The molecular weight excluding hydrogens is 360 g/mol. The first-order valence-corrected chi connectivity index (χ1v) is 10.0. The van der Waals surface area contributed by atoms with Crippen molar-refractivity contribution in [2.75, 3.05) is 24.5 Å². The van der Waals surface area contributed by atoms with Gasteiger partial charge in [-0.2, -0.15) is 0 Å². The van der Waals surface area contributed by atoms with E-state index in [9.17, 15) is 4.79 Å². The largest absolute Gasteiger partial charge is 0.353 e. The quantitative estimate of drug-likeness (QED) is 0.705. The van der Waals surface area contributed by atoms with Gasteiger partial charge < -0.3 is 15.5 Å². The van der Waals surface area contributed by atoms with Crippen LogP contribution in [0.15, 0.2) is 72.9 Å². The molecule has 0 bridgehead atoms. The Balaban J connectivity index is 1.49. The average Bonchev–Trinajstić information content (AvgIpc) is 2.78. The van der Waals surface area contributed by atoms with Gasteiger partial charge in [0.1, 0.15) is 5.82 Å². The summed E-state index contributed by atoms with van der Waals surface area (Å²) in [5.74, 6) is 0.654. The highest BCUT2D eigenvalue weighted by Gasteiger charge is 2.25. The number of aryl methyl sites for hydroxylation is 1. The van der Waals surface area contributed by atoms with E-state index in [4.69, 9.17) is 0 Å². The summed E-state index contributed by atoms with van der Waals surface area (Å²) in [5, 5.41) is 6.61. The van der Waals surface area contributed by atoms with E-state index in [1.54, 1.807) is 6.20 Å². The van der Waals surface area contributed by atoms with Crippen molar-refractivity contribution in [3.63, 3.8) is 0 Å². The van der Waals surface area contributed by atoms with Gasteiger partial charge in [0.2, 0.25) is 0 Å². The molecule has 4 rings (SSSR count). The van der Waals surface area contributed by atoms with Crippen LogP contribution in [0.2, 0.25) is 0 Å². The summed E-state index contributed by atoms with van der Waals surface area (Å²) < 4.78 is 0. The minimum Gasteiger partial charge on any atom is -0.353 e. The van der Waals surface area contributed by atoms with Crippen molar-refractivity contribution in [1.82, 2.24) is 15.6 Å². The van der Waals surface area contributed by atoms with Crippen molar-refractivity contribution < 1.29 is 4.79 Å². The molecule has 1 amide bonds. The number of piperazine rings is 1. The summed E-state index contributed by atoms with van der Waals surface area (Å²) in [4.78, 5) is 19.7. The molecule has 1 atom stereocenters. The van der Waals surface area contributed by atoms with Gasteiger partial charge in [-0.15, -0.1) is 0 Å². The molecule has 1 saturated heterocycles. The summed E-state index contributed by atoms with van der Waals surface area (Å²) in [6.07, 6.45) is 1.76. The highest BCUT2D eigenvalue weighted by atomic mass is 16.1. The first kappa shape index (κ1) is 19.2. The monoisotopic (exact) mass is 386 g/mol. The topological polar surface area (TPSA) is 57.3 Å². The number of pyridine rings is 1. The molecule has 1 aliphatic heterocycles. The zero-order valence-corrected chi connectivity index (χ0v) is 16.6. The molecule has 5 heteroatoms. The zero-order valence-electron chi connectivity index (χ0n) is 16.6. The molecule has 2 heterocycles. The van der Waals surface area contributed by atoms with Gasteiger partial charge in [0.15, 0.2) is 0 Å². The Morgan fingerprint density at radius 3 is 2.83 bits per heavy atom. The van der Waals surface area contributed by atoms with Gasteiger partial charge >= 0.3 is 0 Å². The molecule has 0 unspecified atom stereocenters. The van der Waals surface area contributed by atoms with Crippen LogP contribution in [0.25, 0.3) is 0 Å². The van der Waals surface area contributed by atoms with E-state index in [-0.39, 0.29) is 11.9 Å². The van der Waals surface area contributed by atoms with Gasteiger partial charge in [-0.1, -0.05) is 60.2 Å². The number of amides is 1. The summed E-state index contributed by atoms with van der Waals surface area (Å²) in [7, 11) is 0. The first-order valence-electron chi connectivity index (χ1n) is 10.0. The van der Waals surface area contributed by atoms with Crippen LogP contribution in [0.1, 0.15) is 33.1 Å². The van der Waals surface area contributed by atoms with E-state index >= 15 is 0 Å². The number of carbonyl (C=O) groups excluding carboxylic acids is 1. The Morgan fingerprint density at radius 2 is 2.00 bits per heavy atom. The van der Waals surface area contributed by atoms with Crippen molar-refractivity contribution in [1.29, 1.82) is 0 Å². The Morgan fingerprint density at radius 1 is 1.14 bits per heavy atom. The number of benzene rings is 2. The number of hydrogen-bond acceptors (Lipinski definition) is 4. The molecule has 5 nitrogen and oxygen atoms in total. The SMILES string of the molecule is Cc1cccc(CNC(=O)c2cccnc2N2CCN[C@H](c3ccccc3)C2)c1. The summed E-state index contributed by atoms with van der Waals surface area (Å²) in [6, 6.07) is 22.5. The molecule has 2 N–H and O–H groups in total. The fourth-order valence-electron chi connectivity index (χ4n) is 3.78. The Labute approximate surface area is 171 Å². The number of carbonyl (C=O) groups is 1. The lowest BCUT2D eigenvalue weighted by molar-refractivity contribution is 0.0951. The van der Waals surface area contributed by atoms with Crippen molar-refractivity contribution in [3.05, 3.63) is 95.2 Å². The third-order valence-corrected chi connectivity index (χ3v) is 5.24. The van der Waals surface area contributed by atoms with Gasteiger partial charge in [0, 0.05) is 38.4 Å². The maximum atomic E-state index is 12.9. The van der Waals surface area contributed by atoms with Crippen LogP contribution >= 0.6 is 0 Å². The first-order chi connectivity index (χ1) is 14.2. The molecule has 1 fully saturated rings. The molecule has 0 saturated carbocycles. The lowest BCUT2D eigenvalue weighted by Gasteiger charge is -2.35. The van der Waals surface area contributed by atoms with Crippen molar-refractivity contribution in [2.45, 2.75) is 19.5 Å². The van der Waals surface area contributed by atoms with E-state index in [2.05, 4.69) is 63.8 Å². The highest BCUT2D eigenvalue weighted by Crippen LogP contribution is 2.24. The minimum absolute atomic E-state index is 0.0931. The number of rotatable bonds is 5. The van der Waals surface area contributed by atoms with E-state index in [1.807, 2.05) is 30.3 Å². The Kier molecular flexibility index (Phi) is 5.86.